The molecule has 37 heavy (non-hydrogen) atoms. The Morgan fingerprint density at radius 2 is 1.41 bits per heavy atom. The molecule has 0 aliphatic carbocycles. The van der Waals surface area contributed by atoms with E-state index >= 15 is 0 Å². The van der Waals surface area contributed by atoms with Crippen molar-refractivity contribution in [2.45, 2.75) is 59.3 Å². The highest BCUT2D eigenvalue weighted by atomic mass is 14.7. The van der Waals surface area contributed by atoms with Crippen LogP contribution in [0.4, 0.5) is 0 Å². The molecule has 0 N–H and O–H groups in total. The summed E-state index contributed by atoms with van der Waals surface area (Å²) in [6.45, 7) is 8.86. The van der Waals surface area contributed by atoms with E-state index in [9.17, 15) is 0 Å². The number of fused-ring (bicyclic) bond motifs is 1. The number of unbranched alkanes of at least 4 members (excludes halogenated alkanes) is 1. The Hall–Kier alpha value is -3.78. The summed E-state index contributed by atoms with van der Waals surface area (Å²) in [6, 6.07) is 28.4. The van der Waals surface area contributed by atoms with Gasteiger partial charge in [-0.25, -0.2) is 0 Å². The molecule has 0 bridgehead atoms. The Morgan fingerprint density at radius 1 is 0.649 bits per heavy atom. The fourth-order valence-corrected chi connectivity index (χ4v) is 5.21. The smallest absolute Gasteiger partial charge is 0.0780 e. The van der Waals surface area contributed by atoms with Crippen LogP contribution in [0, 0.1) is 13.8 Å². The largest absolute Gasteiger partial charge is 0.256 e. The molecule has 0 saturated carbocycles. The van der Waals surface area contributed by atoms with E-state index in [0.29, 0.717) is 5.92 Å². The maximum absolute atomic E-state index is 5.00. The lowest BCUT2D eigenvalue weighted by atomic mass is 9.92. The van der Waals surface area contributed by atoms with E-state index in [1.54, 1.807) is 0 Å². The lowest BCUT2D eigenvalue weighted by Crippen LogP contribution is -1.97. The summed E-state index contributed by atoms with van der Waals surface area (Å²) in [5.41, 5.74) is 11.1. The molecule has 2 heterocycles. The van der Waals surface area contributed by atoms with Crippen molar-refractivity contribution in [3.63, 3.8) is 0 Å². The van der Waals surface area contributed by atoms with Crippen molar-refractivity contribution >= 4 is 10.8 Å². The molecule has 2 heteroatoms. The second-order valence-corrected chi connectivity index (χ2v) is 10.6. The monoisotopic (exact) mass is 484 g/mol. The topological polar surface area (TPSA) is 25.8 Å². The minimum atomic E-state index is 0.501. The van der Waals surface area contributed by atoms with Gasteiger partial charge in [-0.2, -0.15) is 0 Å². The first-order valence-corrected chi connectivity index (χ1v) is 13.5. The predicted molar refractivity (Wildman–Crippen MR) is 157 cm³/mol. The number of hydrogen-bond donors (Lipinski definition) is 0. The van der Waals surface area contributed by atoms with Gasteiger partial charge in [0.05, 0.1) is 11.4 Å². The van der Waals surface area contributed by atoms with Crippen LogP contribution >= 0.6 is 0 Å². The first-order valence-electron chi connectivity index (χ1n) is 13.5. The van der Waals surface area contributed by atoms with E-state index in [1.807, 2.05) is 12.3 Å². The molecule has 2 aromatic heterocycles. The van der Waals surface area contributed by atoms with Gasteiger partial charge in [-0.15, -0.1) is 0 Å². The minimum absolute atomic E-state index is 0.501. The summed E-state index contributed by atoms with van der Waals surface area (Å²) in [5.74, 6) is 0.501. The fraction of sp³-hybridized carbons (Fsp3) is 0.257. The van der Waals surface area contributed by atoms with Crippen LogP contribution in [0.25, 0.3) is 33.3 Å². The normalized spacial score (nSPS) is 11.4. The first-order chi connectivity index (χ1) is 18.0. The third-order valence-electron chi connectivity index (χ3n) is 7.21. The third kappa shape index (κ3) is 5.80. The summed E-state index contributed by atoms with van der Waals surface area (Å²) in [6.07, 6.45) is 8.50. The molecule has 0 saturated heterocycles. The van der Waals surface area contributed by atoms with Gasteiger partial charge in [-0.3, -0.25) is 9.97 Å². The molecule has 0 aliphatic heterocycles. The van der Waals surface area contributed by atoms with Gasteiger partial charge in [-0.1, -0.05) is 85.6 Å². The average Bonchev–Trinajstić information content (AvgIpc) is 2.91. The maximum atomic E-state index is 5.00. The number of hydrogen-bond acceptors (Lipinski definition) is 2. The van der Waals surface area contributed by atoms with E-state index < -0.39 is 0 Å². The fourth-order valence-electron chi connectivity index (χ4n) is 5.21. The van der Waals surface area contributed by atoms with E-state index in [2.05, 4.69) is 107 Å². The minimum Gasteiger partial charge on any atom is -0.256 e. The highest BCUT2D eigenvalue weighted by Crippen LogP contribution is 2.33. The van der Waals surface area contributed by atoms with Crippen molar-refractivity contribution < 1.29 is 0 Å². The predicted octanol–water partition coefficient (Wildman–Crippen LogP) is 9.27. The van der Waals surface area contributed by atoms with Crippen LogP contribution in [-0.2, 0) is 12.8 Å². The molecule has 3 aromatic carbocycles. The van der Waals surface area contributed by atoms with Crippen LogP contribution in [0.5, 0.6) is 0 Å². The summed E-state index contributed by atoms with van der Waals surface area (Å²) < 4.78 is 0. The standard InChI is InChI=1S/C35H36N2/c1-24(2)29-15-16-32-33(21-29)30(23-37-35(32)31-19-25(3)18-26(4)20-31)13-9-8-10-27-14-17-34(36-22-27)28-11-6-5-7-12-28/h5-7,11-12,14-24H,8-10,13H2,1-4H3. The number of aryl methyl sites for hydroxylation is 4. The second kappa shape index (κ2) is 11.1. The quantitative estimate of drug-likeness (QED) is 0.205. The lowest BCUT2D eigenvalue weighted by molar-refractivity contribution is 0.734. The molecule has 5 aromatic rings. The molecule has 0 atom stereocenters. The Balaban J connectivity index is 1.33. The Kier molecular flexibility index (Phi) is 7.46. The Bertz CT molecular complexity index is 1480. The molecule has 0 aliphatic rings. The average molecular weight is 485 g/mol. The van der Waals surface area contributed by atoms with Crippen LogP contribution in [0.1, 0.15) is 60.4 Å². The van der Waals surface area contributed by atoms with Gasteiger partial charge in [0.25, 0.3) is 0 Å². The zero-order valence-corrected chi connectivity index (χ0v) is 22.5. The molecular formula is C35H36N2. The highest BCUT2D eigenvalue weighted by molar-refractivity contribution is 5.97. The Morgan fingerprint density at radius 3 is 2.11 bits per heavy atom. The number of aromatic nitrogens is 2. The highest BCUT2D eigenvalue weighted by Gasteiger charge is 2.12. The SMILES string of the molecule is Cc1cc(C)cc(-c2ncc(CCCCc3ccc(-c4ccccc4)nc3)c3cc(C(C)C)ccc23)c1. The molecule has 5 rings (SSSR count). The van der Waals surface area contributed by atoms with Gasteiger partial charge in [0.1, 0.15) is 0 Å². The number of nitrogens with zero attached hydrogens (tertiary/aromatic N) is 2. The van der Waals surface area contributed by atoms with Crippen LogP contribution in [0.2, 0.25) is 0 Å². The summed E-state index contributed by atoms with van der Waals surface area (Å²) in [5, 5.41) is 2.61. The van der Waals surface area contributed by atoms with Crippen molar-refractivity contribution in [1.29, 1.82) is 0 Å². The number of benzene rings is 3. The molecule has 186 valence electrons. The van der Waals surface area contributed by atoms with Gasteiger partial charge in [0.15, 0.2) is 0 Å². The van der Waals surface area contributed by atoms with Gasteiger partial charge in [0, 0.05) is 28.9 Å². The number of rotatable bonds is 8. The van der Waals surface area contributed by atoms with Crippen molar-refractivity contribution in [3.8, 4) is 22.5 Å². The van der Waals surface area contributed by atoms with Gasteiger partial charge in [-0.05, 0) is 85.7 Å². The molecule has 0 radical (unpaired) electrons. The first kappa shape index (κ1) is 24.9. The molecular weight excluding hydrogens is 448 g/mol. The van der Waals surface area contributed by atoms with E-state index in [0.717, 1.165) is 37.1 Å². The lowest BCUT2D eigenvalue weighted by Gasteiger charge is -2.15. The van der Waals surface area contributed by atoms with Gasteiger partial charge in [0.2, 0.25) is 0 Å². The van der Waals surface area contributed by atoms with Gasteiger partial charge < -0.3 is 0 Å². The summed E-state index contributed by atoms with van der Waals surface area (Å²) in [4.78, 5) is 9.69. The van der Waals surface area contributed by atoms with Crippen LogP contribution in [-0.4, -0.2) is 9.97 Å². The van der Waals surface area contributed by atoms with Crippen molar-refractivity contribution in [1.82, 2.24) is 9.97 Å². The summed E-state index contributed by atoms with van der Waals surface area (Å²) in [7, 11) is 0. The van der Waals surface area contributed by atoms with Crippen LogP contribution in [0.15, 0.2) is 91.3 Å². The molecule has 0 fully saturated rings. The van der Waals surface area contributed by atoms with Crippen molar-refractivity contribution in [3.05, 3.63) is 119 Å². The second-order valence-electron chi connectivity index (χ2n) is 10.6. The molecule has 0 spiro atoms. The number of pyridine rings is 2. The van der Waals surface area contributed by atoms with Crippen molar-refractivity contribution in [2.24, 2.45) is 0 Å². The van der Waals surface area contributed by atoms with E-state index in [-0.39, 0.29) is 0 Å². The summed E-state index contributed by atoms with van der Waals surface area (Å²) >= 11 is 0. The molecule has 0 amide bonds. The molecule has 2 nitrogen and oxygen atoms in total. The molecule has 0 unspecified atom stereocenters. The van der Waals surface area contributed by atoms with E-state index in [1.165, 1.54) is 49.7 Å². The Labute approximate surface area is 221 Å². The van der Waals surface area contributed by atoms with Gasteiger partial charge >= 0.3 is 0 Å². The third-order valence-corrected chi connectivity index (χ3v) is 7.21. The zero-order chi connectivity index (χ0) is 25.8. The van der Waals surface area contributed by atoms with E-state index in [4.69, 9.17) is 9.97 Å². The zero-order valence-electron chi connectivity index (χ0n) is 22.5. The maximum Gasteiger partial charge on any atom is 0.0780 e. The van der Waals surface area contributed by atoms with Crippen molar-refractivity contribution in [2.75, 3.05) is 0 Å². The van der Waals surface area contributed by atoms with Crippen LogP contribution < -0.4 is 0 Å². The van der Waals surface area contributed by atoms with Crippen LogP contribution in [0.3, 0.4) is 0 Å².